The molecule has 5 heteroatoms. The van der Waals surface area contributed by atoms with E-state index in [9.17, 15) is 9.59 Å². The summed E-state index contributed by atoms with van der Waals surface area (Å²) in [5.41, 5.74) is 2.29. The number of hydrogen-bond acceptors (Lipinski definition) is 3. The van der Waals surface area contributed by atoms with Crippen molar-refractivity contribution < 1.29 is 14.7 Å². The zero-order valence-corrected chi connectivity index (χ0v) is 11.1. The summed E-state index contributed by atoms with van der Waals surface area (Å²) in [6.45, 7) is 3.71. The minimum atomic E-state index is -1.02. The van der Waals surface area contributed by atoms with Crippen molar-refractivity contribution in [3.63, 3.8) is 0 Å². The molecule has 0 radical (unpaired) electrons. The molecule has 0 fully saturated rings. The molecule has 2 atom stereocenters. The molecule has 5 nitrogen and oxygen atoms in total. The number of nitrogens with one attached hydrogen (secondary N) is 1. The van der Waals surface area contributed by atoms with Crippen LogP contribution >= 0.6 is 0 Å². The Hall–Kier alpha value is -2.04. The molecule has 1 aliphatic heterocycles. The number of carbonyl (C=O) groups is 2. The third kappa shape index (κ3) is 2.86. The number of fused-ring (bicyclic) bond motifs is 1. The summed E-state index contributed by atoms with van der Waals surface area (Å²) < 4.78 is 0. The van der Waals surface area contributed by atoms with Gasteiger partial charge < -0.3 is 15.3 Å². The van der Waals surface area contributed by atoms with Gasteiger partial charge in [0, 0.05) is 11.7 Å². The van der Waals surface area contributed by atoms with Crippen LogP contribution in [0.15, 0.2) is 24.3 Å². The number of carbonyl (C=O) groups excluding carboxylic acids is 1. The highest BCUT2D eigenvalue weighted by Crippen LogP contribution is 2.31. The summed E-state index contributed by atoms with van der Waals surface area (Å²) in [6.07, 6.45) is 0.915. The molecular weight excluding hydrogens is 244 g/mol. The second kappa shape index (κ2) is 5.30. The van der Waals surface area contributed by atoms with Crippen LogP contribution < -0.4 is 10.2 Å². The monoisotopic (exact) mass is 262 g/mol. The molecular formula is C14H18N2O3. The van der Waals surface area contributed by atoms with Gasteiger partial charge in [-0.15, -0.1) is 0 Å². The number of anilines is 1. The largest absolute Gasteiger partial charge is 0.480 e. The highest BCUT2D eigenvalue weighted by atomic mass is 16.4. The van der Waals surface area contributed by atoms with E-state index < -0.39 is 12.0 Å². The minimum absolute atomic E-state index is 0.190. The summed E-state index contributed by atoms with van der Waals surface area (Å²) in [6, 6.07) is 7.38. The highest BCUT2D eigenvalue weighted by molar-refractivity contribution is 5.86. The quantitative estimate of drug-likeness (QED) is 0.850. The van der Waals surface area contributed by atoms with Gasteiger partial charge in [-0.3, -0.25) is 9.59 Å². The lowest BCUT2D eigenvalue weighted by Crippen LogP contribution is -2.45. The van der Waals surface area contributed by atoms with Crippen molar-refractivity contribution in [3.05, 3.63) is 29.8 Å². The van der Waals surface area contributed by atoms with Gasteiger partial charge in [0.2, 0.25) is 5.91 Å². The van der Waals surface area contributed by atoms with Gasteiger partial charge in [-0.2, -0.15) is 0 Å². The Morgan fingerprint density at radius 1 is 1.47 bits per heavy atom. The van der Waals surface area contributed by atoms with Crippen LogP contribution in [-0.4, -0.2) is 35.6 Å². The predicted molar refractivity (Wildman–Crippen MR) is 72.2 cm³/mol. The summed E-state index contributed by atoms with van der Waals surface area (Å²) in [7, 11) is 0. The Labute approximate surface area is 112 Å². The van der Waals surface area contributed by atoms with Gasteiger partial charge in [0.25, 0.3) is 0 Å². The van der Waals surface area contributed by atoms with Crippen molar-refractivity contribution >= 4 is 17.6 Å². The van der Waals surface area contributed by atoms with Gasteiger partial charge in [-0.05, 0) is 31.9 Å². The number of aliphatic carboxylic acids is 1. The van der Waals surface area contributed by atoms with Gasteiger partial charge in [-0.1, -0.05) is 18.2 Å². The molecule has 0 aromatic heterocycles. The molecule has 1 heterocycles. The van der Waals surface area contributed by atoms with E-state index in [0.29, 0.717) is 0 Å². The maximum absolute atomic E-state index is 11.9. The molecule has 0 saturated heterocycles. The third-order valence-electron chi connectivity index (χ3n) is 3.41. The van der Waals surface area contributed by atoms with Crippen LogP contribution in [0.1, 0.15) is 19.4 Å². The topological polar surface area (TPSA) is 69.6 Å². The van der Waals surface area contributed by atoms with E-state index in [1.807, 2.05) is 23.1 Å². The molecule has 0 saturated carbocycles. The number of rotatable bonds is 4. The first-order chi connectivity index (χ1) is 8.99. The standard InChI is InChI=1S/C14H18N2O3/c1-9-7-11-5-3-4-6-12(11)16(9)8-13(17)15-10(2)14(18)19/h3-6,9-10H,7-8H2,1-2H3,(H,15,17)(H,18,19). The summed E-state index contributed by atoms with van der Waals surface area (Å²) in [5.74, 6) is -1.29. The van der Waals surface area contributed by atoms with E-state index >= 15 is 0 Å². The normalized spacial score (nSPS) is 18.8. The number of nitrogens with zero attached hydrogens (tertiary/aromatic N) is 1. The Morgan fingerprint density at radius 2 is 2.16 bits per heavy atom. The number of carboxylic acids is 1. The summed E-state index contributed by atoms with van der Waals surface area (Å²) >= 11 is 0. The van der Waals surface area contributed by atoms with Crippen LogP contribution in [0.4, 0.5) is 5.69 Å². The van der Waals surface area contributed by atoms with Crippen molar-refractivity contribution in [1.82, 2.24) is 5.32 Å². The lowest BCUT2D eigenvalue weighted by Gasteiger charge is -2.24. The number of carboxylic acid groups (broad SMARTS) is 1. The first-order valence-corrected chi connectivity index (χ1v) is 6.35. The first kappa shape index (κ1) is 13.4. The molecule has 1 amide bonds. The Kier molecular flexibility index (Phi) is 3.74. The van der Waals surface area contributed by atoms with Crippen LogP contribution in [0.5, 0.6) is 0 Å². The van der Waals surface area contributed by atoms with Crippen LogP contribution in [0.25, 0.3) is 0 Å². The SMILES string of the molecule is CC(NC(=O)CN1c2ccccc2CC1C)C(=O)O. The molecule has 102 valence electrons. The highest BCUT2D eigenvalue weighted by Gasteiger charge is 2.27. The van der Waals surface area contributed by atoms with E-state index in [0.717, 1.165) is 12.1 Å². The van der Waals surface area contributed by atoms with Gasteiger partial charge in [0.1, 0.15) is 6.04 Å². The fraction of sp³-hybridized carbons (Fsp3) is 0.429. The molecule has 2 unspecified atom stereocenters. The van der Waals surface area contributed by atoms with Crippen LogP contribution in [0.3, 0.4) is 0 Å². The van der Waals surface area contributed by atoms with Gasteiger partial charge in [-0.25, -0.2) is 0 Å². The fourth-order valence-corrected chi connectivity index (χ4v) is 2.37. The molecule has 1 aromatic carbocycles. The second-order valence-electron chi connectivity index (χ2n) is 4.94. The Morgan fingerprint density at radius 3 is 2.84 bits per heavy atom. The van der Waals surface area contributed by atoms with Crippen LogP contribution in [0.2, 0.25) is 0 Å². The number of hydrogen-bond donors (Lipinski definition) is 2. The van der Waals surface area contributed by atoms with E-state index in [-0.39, 0.29) is 18.5 Å². The maximum Gasteiger partial charge on any atom is 0.325 e. The van der Waals surface area contributed by atoms with Crippen molar-refractivity contribution in [2.24, 2.45) is 0 Å². The zero-order valence-electron chi connectivity index (χ0n) is 11.1. The molecule has 0 aliphatic carbocycles. The molecule has 0 spiro atoms. The van der Waals surface area contributed by atoms with Crippen LogP contribution in [0, 0.1) is 0 Å². The molecule has 1 aliphatic rings. The van der Waals surface area contributed by atoms with Gasteiger partial charge in [0.05, 0.1) is 6.54 Å². The maximum atomic E-state index is 11.9. The number of para-hydroxylation sites is 1. The number of amides is 1. The first-order valence-electron chi connectivity index (χ1n) is 6.35. The van der Waals surface area contributed by atoms with E-state index in [2.05, 4.69) is 18.3 Å². The van der Waals surface area contributed by atoms with Crippen molar-refractivity contribution in [2.75, 3.05) is 11.4 Å². The number of benzene rings is 1. The van der Waals surface area contributed by atoms with Crippen molar-refractivity contribution in [2.45, 2.75) is 32.4 Å². The molecule has 19 heavy (non-hydrogen) atoms. The third-order valence-corrected chi connectivity index (χ3v) is 3.41. The Balaban J connectivity index is 2.03. The average Bonchev–Trinajstić information content (AvgIpc) is 2.66. The van der Waals surface area contributed by atoms with Gasteiger partial charge >= 0.3 is 5.97 Å². The van der Waals surface area contributed by atoms with Gasteiger partial charge in [0.15, 0.2) is 0 Å². The Bertz CT molecular complexity index is 501. The average molecular weight is 262 g/mol. The molecule has 0 bridgehead atoms. The molecule has 2 N–H and O–H groups in total. The summed E-state index contributed by atoms with van der Waals surface area (Å²) in [4.78, 5) is 24.6. The van der Waals surface area contributed by atoms with Crippen molar-refractivity contribution in [1.29, 1.82) is 0 Å². The zero-order chi connectivity index (χ0) is 14.0. The van der Waals surface area contributed by atoms with E-state index in [1.165, 1.54) is 12.5 Å². The minimum Gasteiger partial charge on any atom is -0.480 e. The predicted octanol–water partition coefficient (Wildman–Crippen LogP) is 1.03. The molecule has 1 aromatic rings. The van der Waals surface area contributed by atoms with E-state index in [4.69, 9.17) is 5.11 Å². The lowest BCUT2D eigenvalue weighted by molar-refractivity contribution is -0.141. The molecule has 2 rings (SSSR count). The van der Waals surface area contributed by atoms with Crippen LogP contribution in [-0.2, 0) is 16.0 Å². The second-order valence-corrected chi connectivity index (χ2v) is 4.94. The van der Waals surface area contributed by atoms with E-state index in [1.54, 1.807) is 0 Å². The fourth-order valence-electron chi connectivity index (χ4n) is 2.37. The smallest absolute Gasteiger partial charge is 0.325 e. The summed E-state index contributed by atoms with van der Waals surface area (Å²) in [5, 5.41) is 11.3. The lowest BCUT2D eigenvalue weighted by atomic mass is 10.1. The van der Waals surface area contributed by atoms with Crippen molar-refractivity contribution in [3.8, 4) is 0 Å².